The maximum absolute atomic E-state index is 10.1. The van der Waals surface area contributed by atoms with Crippen molar-refractivity contribution < 1.29 is 9.84 Å². The molecule has 4 heteroatoms. The Morgan fingerprint density at radius 3 is 2.75 bits per heavy atom. The lowest BCUT2D eigenvalue weighted by Crippen LogP contribution is -2.45. The Morgan fingerprint density at radius 1 is 1.17 bits per heavy atom. The zero-order valence-corrected chi connectivity index (χ0v) is 13.7. The monoisotopic (exact) mass is 322 g/mol. The van der Waals surface area contributed by atoms with E-state index in [0.717, 1.165) is 36.1 Å². The summed E-state index contributed by atoms with van der Waals surface area (Å²) >= 11 is 0. The minimum Gasteiger partial charge on any atom is -0.489 e. The van der Waals surface area contributed by atoms with Crippen LogP contribution >= 0.6 is 0 Å². The molecule has 0 aliphatic heterocycles. The Bertz CT molecular complexity index is 732. The number of hydrogen-bond acceptors (Lipinski definition) is 4. The molecular weight excluding hydrogens is 300 g/mol. The van der Waals surface area contributed by atoms with Crippen LogP contribution in [0, 0.1) is 11.3 Å². The Morgan fingerprint density at radius 2 is 2.00 bits per heavy atom. The molecule has 1 saturated carbocycles. The molecule has 2 aromatic rings. The summed E-state index contributed by atoms with van der Waals surface area (Å²) in [5, 5.41) is 22.5. The number of nitrogens with zero attached hydrogens (tertiary/aromatic N) is 1. The standard InChI is InChI=1S/C20H22N2O2/c21-12-17-6-1-2-7-18(17)14-24-19-8-3-5-16(11-19)13-22-15-20(23)9-4-10-20/h1-3,5-8,11,22-23H,4,9-10,13-15H2. The molecule has 0 atom stereocenters. The van der Waals surface area contributed by atoms with Gasteiger partial charge in [0.2, 0.25) is 0 Å². The van der Waals surface area contributed by atoms with Gasteiger partial charge in [-0.25, -0.2) is 0 Å². The van der Waals surface area contributed by atoms with Crippen molar-refractivity contribution in [1.82, 2.24) is 5.32 Å². The van der Waals surface area contributed by atoms with Gasteiger partial charge in [-0.05, 0) is 43.0 Å². The molecule has 24 heavy (non-hydrogen) atoms. The summed E-state index contributed by atoms with van der Waals surface area (Å²) < 4.78 is 5.83. The van der Waals surface area contributed by atoms with E-state index in [1.807, 2.05) is 42.5 Å². The number of hydrogen-bond donors (Lipinski definition) is 2. The van der Waals surface area contributed by atoms with Crippen molar-refractivity contribution in [3.63, 3.8) is 0 Å². The van der Waals surface area contributed by atoms with Crippen molar-refractivity contribution in [3.8, 4) is 11.8 Å². The topological polar surface area (TPSA) is 65.3 Å². The fourth-order valence-corrected chi connectivity index (χ4v) is 2.86. The molecular formula is C20H22N2O2. The number of nitrogens with one attached hydrogen (secondary N) is 1. The largest absolute Gasteiger partial charge is 0.489 e. The molecule has 1 aliphatic rings. The molecule has 2 aromatic carbocycles. The third-order valence-electron chi connectivity index (χ3n) is 4.50. The first-order valence-electron chi connectivity index (χ1n) is 8.31. The summed E-state index contributed by atoms with van der Waals surface area (Å²) in [4.78, 5) is 0. The van der Waals surface area contributed by atoms with Crippen molar-refractivity contribution in [2.24, 2.45) is 0 Å². The maximum Gasteiger partial charge on any atom is 0.120 e. The molecule has 124 valence electrons. The molecule has 3 rings (SSSR count). The fraction of sp³-hybridized carbons (Fsp3) is 0.350. The highest BCUT2D eigenvalue weighted by molar-refractivity contribution is 5.37. The molecule has 0 heterocycles. The van der Waals surface area contributed by atoms with Crippen LogP contribution in [0.2, 0.25) is 0 Å². The Hall–Kier alpha value is -2.35. The number of ether oxygens (including phenoxy) is 1. The second-order valence-electron chi connectivity index (χ2n) is 6.39. The third kappa shape index (κ3) is 4.14. The van der Waals surface area contributed by atoms with E-state index in [2.05, 4.69) is 11.4 Å². The second-order valence-corrected chi connectivity index (χ2v) is 6.39. The van der Waals surface area contributed by atoms with E-state index in [-0.39, 0.29) is 0 Å². The van der Waals surface area contributed by atoms with Crippen LogP contribution < -0.4 is 10.1 Å². The van der Waals surface area contributed by atoms with Crippen LogP contribution in [0.3, 0.4) is 0 Å². The van der Waals surface area contributed by atoms with E-state index in [1.54, 1.807) is 6.07 Å². The highest BCUT2D eigenvalue weighted by Gasteiger charge is 2.33. The fourth-order valence-electron chi connectivity index (χ4n) is 2.86. The van der Waals surface area contributed by atoms with Crippen LogP contribution in [-0.4, -0.2) is 17.3 Å². The highest BCUT2D eigenvalue weighted by Crippen LogP contribution is 2.30. The first-order valence-corrected chi connectivity index (χ1v) is 8.31. The lowest BCUT2D eigenvalue weighted by Gasteiger charge is -2.36. The maximum atomic E-state index is 10.1. The summed E-state index contributed by atoms with van der Waals surface area (Å²) in [6.07, 6.45) is 2.90. The van der Waals surface area contributed by atoms with Crippen LogP contribution in [0.5, 0.6) is 5.75 Å². The number of benzene rings is 2. The van der Waals surface area contributed by atoms with Gasteiger partial charge in [0.1, 0.15) is 12.4 Å². The van der Waals surface area contributed by atoms with Gasteiger partial charge in [0.05, 0.1) is 17.2 Å². The van der Waals surface area contributed by atoms with E-state index >= 15 is 0 Å². The van der Waals surface area contributed by atoms with Gasteiger partial charge in [-0.1, -0.05) is 30.3 Å². The molecule has 0 radical (unpaired) electrons. The van der Waals surface area contributed by atoms with Crippen LogP contribution in [0.4, 0.5) is 0 Å². The van der Waals surface area contributed by atoms with E-state index in [0.29, 0.717) is 25.3 Å². The van der Waals surface area contributed by atoms with Crippen molar-refractivity contribution >= 4 is 0 Å². The highest BCUT2D eigenvalue weighted by atomic mass is 16.5. The van der Waals surface area contributed by atoms with Gasteiger partial charge in [-0.3, -0.25) is 0 Å². The summed E-state index contributed by atoms with van der Waals surface area (Å²) in [5.74, 6) is 0.782. The minimum atomic E-state index is -0.505. The van der Waals surface area contributed by atoms with Crippen LogP contribution in [-0.2, 0) is 13.2 Å². The van der Waals surface area contributed by atoms with E-state index in [4.69, 9.17) is 10.00 Å². The first kappa shape index (κ1) is 16.5. The van der Waals surface area contributed by atoms with Gasteiger partial charge >= 0.3 is 0 Å². The molecule has 2 N–H and O–H groups in total. The SMILES string of the molecule is N#Cc1ccccc1COc1cccc(CNCC2(O)CCC2)c1. The molecule has 0 unspecified atom stereocenters. The average Bonchev–Trinajstić information content (AvgIpc) is 2.59. The zero-order valence-electron chi connectivity index (χ0n) is 13.7. The average molecular weight is 322 g/mol. The first-order chi connectivity index (χ1) is 11.7. The van der Waals surface area contributed by atoms with Gasteiger partial charge in [0.25, 0.3) is 0 Å². The van der Waals surface area contributed by atoms with Gasteiger partial charge in [-0.15, -0.1) is 0 Å². The van der Waals surface area contributed by atoms with Gasteiger partial charge < -0.3 is 15.2 Å². The lowest BCUT2D eigenvalue weighted by atomic mass is 9.80. The summed E-state index contributed by atoms with van der Waals surface area (Å²) in [7, 11) is 0. The molecule has 1 aliphatic carbocycles. The van der Waals surface area contributed by atoms with E-state index in [1.165, 1.54) is 0 Å². The number of rotatable bonds is 7. The van der Waals surface area contributed by atoms with E-state index in [9.17, 15) is 5.11 Å². The molecule has 4 nitrogen and oxygen atoms in total. The second kappa shape index (κ2) is 7.48. The Balaban J connectivity index is 1.54. The molecule has 0 amide bonds. The molecule has 0 bridgehead atoms. The van der Waals surface area contributed by atoms with E-state index < -0.39 is 5.60 Å². The smallest absolute Gasteiger partial charge is 0.120 e. The predicted octanol–water partition coefficient (Wildman–Crippen LogP) is 3.14. The lowest BCUT2D eigenvalue weighted by molar-refractivity contribution is -0.0314. The summed E-state index contributed by atoms with van der Waals surface area (Å²) in [6, 6.07) is 17.5. The number of nitriles is 1. The van der Waals surface area contributed by atoms with Crippen LogP contribution in [0.25, 0.3) is 0 Å². The number of aliphatic hydroxyl groups is 1. The molecule has 0 spiro atoms. The van der Waals surface area contributed by atoms with Gasteiger partial charge in [0.15, 0.2) is 0 Å². The van der Waals surface area contributed by atoms with Gasteiger partial charge in [0, 0.05) is 18.7 Å². The van der Waals surface area contributed by atoms with Crippen LogP contribution in [0.1, 0.15) is 36.0 Å². The normalized spacial score (nSPS) is 15.3. The quantitative estimate of drug-likeness (QED) is 0.822. The molecule has 1 fully saturated rings. The predicted molar refractivity (Wildman–Crippen MR) is 92.4 cm³/mol. The Labute approximate surface area is 142 Å². The minimum absolute atomic E-state index is 0.375. The third-order valence-corrected chi connectivity index (χ3v) is 4.50. The van der Waals surface area contributed by atoms with Crippen molar-refractivity contribution in [3.05, 3.63) is 65.2 Å². The van der Waals surface area contributed by atoms with Crippen molar-refractivity contribution in [2.45, 2.75) is 38.0 Å². The molecule has 0 aromatic heterocycles. The molecule has 0 saturated heterocycles. The Kier molecular flexibility index (Phi) is 5.14. The van der Waals surface area contributed by atoms with Crippen molar-refractivity contribution in [1.29, 1.82) is 5.26 Å². The summed E-state index contributed by atoms with van der Waals surface area (Å²) in [5.41, 5.74) is 2.14. The zero-order chi connectivity index (χ0) is 16.8. The van der Waals surface area contributed by atoms with Gasteiger partial charge in [-0.2, -0.15) is 5.26 Å². The van der Waals surface area contributed by atoms with Crippen LogP contribution in [0.15, 0.2) is 48.5 Å². The van der Waals surface area contributed by atoms with Crippen molar-refractivity contribution in [2.75, 3.05) is 6.54 Å². The summed E-state index contributed by atoms with van der Waals surface area (Å²) in [6.45, 7) is 1.71.